The topological polar surface area (TPSA) is 71.5 Å². The van der Waals surface area contributed by atoms with Crippen molar-refractivity contribution in [3.8, 4) is 0 Å². The highest BCUT2D eigenvalue weighted by molar-refractivity contribution is 5.95. The van der Waals surface area contributed by atoms with Gasteiger partial charge in [-0.05, 0) is 56.7 Å². The Morgan fingerprint density at radius 2 is 2.00 bits per heavy atom. The van der Waals surface area contributed by atoms with Gasteiger partial charge in [-0.3, -0.25) is 4.79 Å². The number of nitrogens with one attached hydrogen (secondary N) is 1. The van der Waals surface area contributed by atoms with Crippen molar-refractivity contribution in [3.63, 3.8) is 0 Å². The predicted molar refractivity (Wildman–Crippen MR) is 102 cm³/mol. The molecule has 0 saturated heterocycles. The highest BCUT2D eigenvalue weighted by atomic mass is 16.3. The monoisotopic (exact) mass is 353 g/mol. The molecule has 1 atom stereocenters. The Bertz CT molecular complexity index is 777. The fourth-order valence-electron chi connectivity index (χ4n) is 4.22. The first-order chi connectivity index (χ1) is 12.6. The second-order valence-electron chi connectivity index (χ2n) is 7.65. The maximum atomic E-state index is 12.8. The molecule has 3 N–H and O–H groups in total. The molecule has 1 aromatic heterocycles. The van der Waals surface area contributed by atoms with E-state index in [-0.39, 0.29) is 18.0 Å². The molecule has 1 saturated carbocycles. The first-order valence-corrected chi connectivity index (χ1v) is 9.59. The van der Waals surface area contributed by atoms with Crippen LogP contribution >= 0.6 is 0 Å². The Balaban J connectivity index is 1.46. The molecule has 0 bridgehead atoms. The first kappa shape index (κ1) is 17.2. The standard InChI is InChI=1S/C21H27N3O2/c1-14-12-15-4-2-3-5-19(15)24(14)13-20-18(10-11-26-20)21(25)23-17-8-6-16(22)7-9-17/h2-5,10-11,14,16-17H,6-9,12-13,22H2,1H3,(H,23,25). The Morgan fingerprint density at radius 1 is 1.23 bits per heavy atom. The summed E-state index contributed by atoms with van der Waals surface area (Å²) in [5.41, 5.74) is 9.20. The van der Waals surface area contributed by atoms with Gasteiger partial charge in [0.1, 0.15) is 5.76 Å². The van der Waals surface area contributed by atoms with Crippen molar-refractivity contribution < 1.29 is 9.21 Å². The van der Waals surface area contributed by atoms with Crippen molar-refractivity contribution in [2.24, 2.45) is 5.73 Å². The normalized spacial score (nSPS) is 25.2. The lowest BCUT2D eigenvalue weighted by Crippen LogP contribution is -2.40. The smallest absolute Gasteiger partial charge is 0.255 e. The van der Waals surface area contributed by atoms with E-state index in [1.165, 1.54) is 11.3 Å². The van der Waals surface area contributed by atoms with Gasteiger partial charge in [0.2, 0.25) is 0 Å². The number of anilines is 1. The molecule has 2 heterocycles. The van der Waals surface area contributed by atoms with Crippen LogP contribution in [0.5, 0.6) is 0 Å². The average molecular weight is 353 g/mol. The van der Waals surface area contributed by atoms with E-state index in [0.717, 1.165) is 37.9 Å². The lowest BCUT2D eigenvalue weighted by atomic mass is 9.91. The SMILES string of the molecule is CC1Cc2ccccc2N1Cc1occc1C(=O)NC1CCC(N)CC1. The minimum atomic E-state index is -0.0330. The molecule has 2 aromatic rings. The summed E-state index contributed by atoms with van der Waals surface area (Å²) in [6.45, 7) is 2.83. The van der Waals surface area contributed by atoms with Crippen molar-refractivity contribution in [1.82, 2.24) is 5.32 Å². The fourth-order valence-corrected chi connectivity index (χ4v) is 4.22. The van der Waals surface area contributed by atoms with Crippen molar-refractivity contribution in [3.05, 3.63) is 53.5 Å². The molecule has 1 unspecified atom stereocenters. The molecule has 5 nitrogen and oxygen atoms in total. The molecule has 0 spiro atoms. The highest BCUT2D eigenvalue weighted by Gasteiger charge is 2.28. The van der Waals surface area contributed by atoms with Crippen LogP contribution < -0.4 is 16.0 Å². The van der Waals surface area contributed by atoms with Gasteiger partial charge in [0.25, 0.3) is 5.91 Å². The van der Waals surface area contributed by atoms with E-state index in [1.807, 2.05) is 0 Å². The van der Waals surface area contributed by atoms with Crippen molar-refractivity contribution in [1.29, 1.82) is 0 Å². The quantitative estimate of drug-likeness (QED) is 0.885. The molecule has 1 aromatic carbocycles. The molecule has 26 heavy (non-hydrogen) atoms. The Morgan fingerprint density at radius 3 is 2.81 bits per heavy atom. The van der Waals surface area contributed by atoms with Crippen LogP contribution in [0.3, 0.4) is 0 Å². The van der Waals surface area contributed by atoms with Gasteiger partial charge < -0.3 is 20.4 Å². The van der Waals surface area contributed by atoms with Crippen molar-refractivity contribution in [2.45, 2.75) is 63.7 Å². The summed E-state index contributed by atoms with van der Waals surface area (Å²) in [6.07, 6.45) is 6.51. The number of nitrogens with zero attached hydrogens (tertiary/aromatic N) is 1. The average Bonchev–Trinajstić information content (AvgIpc) is 3.22. The molecule has 5 heteroatoms. The van der Waals surface area contributed by atoms with Gasteiger partial charge in [0.15, 0.2) is 0 Å². The van der Waals surface area contributed by atoms with Crippen LogP contribution in [0.25, 0.3) is 0 Å². The van der Waals surface area contributed by atoms with E-state index in [1.54, 1.807) is 12.3 Å². The summed E-state index contributed by atoms with van der Waals surface area (Å²) in [7, 11) is 0. The van der Waals surface area contributed by atoms with Gasteiger partial charge in [0.05, 0.1) is 18.4 Å². The maximum Gasteiger partial charge on any atom is 0.255 e. The third-order valence-corrected chi connectivity index (χ3v) is 5.76. The number of benzene rings is 1. The second kappa shape index (κ2) is 7.16. The molecule has 1 aliphatic heterocycles. The van der Waals surface area contributed by atoms with Crippen molar-refractivity contribution >= 4 is 11.6 Å². The molecule has 4 rings (SSSR count). The summed E-state index contributed by atoms with van der Waals surface area (Å²) < 4.78 is 5.69. The third-order valence-electron chi connectivity index (χ3n) is 5.76. The summed E-state index contributed by atoms with van der Waals surface area (Å²) in [5.74, 6) is 0.702. The number of furan rings is 1. The molecule has 138 valence electrons. The summed E-state index contributed by atoms with van der Waals surface area (Å²) in [5, 5.41) is 3.16. The molecule has 1 aliphatic carbocycles. The minimum absolute atomic E-state index is 0.0330. The van der Waals surface area contributed by atoms with E-state index < -0.39 is 0 Å². The molecule has 0 radical (unpaired) electrons. The summed E-state index contributed by atoms with van der Waals surface area (Å²) in [6, 6.07) is 11.1. The van der Waals surface area contributed by atoms with Gasteiger partial charge in [-0.1, -0.05) is 18.2 Å². The van der Waals surface area contributed by atoms with Gasteiger partial charge in [-0.15, -0.1) is 0 Å². The maximum absolute atomic E-state index is 12.8. The summed E-state index contributed by atoms with van der Waals surface area (Å²) >= 11 is 0. The van der Waals surface area contributed by atoms with Crippen LogP contribution in [0.15, 0.2) is 41.0 Å². The van der Waals surface area contributed by atoms with E-state index in [4.69, 9.17) is 10.2 Å². The number of para-hydroxylation sites is 1. The zero-order valence-corrected chi connectivity index (χ0v) is 15.3. The second-order valence-corrected chi connectivity index (χ2v) is 7.65. The fraction of sp³-hybridized carbons (Fsp3) is 0.476. The molecular weight excluding hydrogens is 326 g/mol. The number of hydrogen-bond acceptors (Lipinski definition) is 4. The van der Waals surface area contributed by atoms with Gasteiger partial charge in [-0.2, -0.15) is 0 Å². The molecule has 2 aliphatic rings. The zero-order valence-electron chi connectivity index (χ0n) is 15.3. The van der Waals surface area contributed by atoms with Gasteiger partial charge in [0, 0.05) is 23.8 Å². The third kappa shape index (κ3) is 3.36. The predicted octanol–water partition coefficient (Wildman–Crippen LogP) is 3.23. The van der Waals surface area contributed by atoms with E-state index >= 15 is 0 Å². The molecular formula is C21H27N3O2. The minimum Gasteiger partial charge on any atom is -0.467 e. The van der Waals surface area contributed by atoms with Crippen LogP contribution in [0, 0.1) is 0 Å². The number of carbonyl (C=O) groups excluding carboxylic acids is 1. The van der Waals surface area contributed by atoms with Gasteiger partial charge in [-0.25, -0.2) is 0 Å². The Labute approximate surface area is 154 Å². The number of carbonyl (C=O) groups is 1. The lowest BCUT2D eigenvalue weighted by molar-refractivity contribution is 0.0924. The zero-order chi connectivity index (χ0) is 18.1. The Kier molecular flexibility index (Phi) is 4.72. The number of hydrogen-bond donors (Lipinski definition) is 2. The van der Waals surface area contributed by atoms with Crippen LogP contribution in [0.4, 0.5) is 5.69 Å². The van der Waals surface area contributed by atoms with E-state index in [2.05, 4.69) is 41.4 Å². The number of nitrogens with two attached hydrogens (primary N) is 1. The lowest BCUT2D eigenvalue weighted by Gasteiger charge is -2.27. The molecule has 1 amide bonds. The number of amides is 1. The van der Waals surface area contributed by atoms with Gasteiger partial charge >= 0.3 is 0 Å². The Hall–Kier alpha value is -2.27. The van der Waals surface area contributed by atoms with Crippen LogP contribution in [0.1, 0.15) is 54.3 Å². The first-order valence-electron chi connectivity index (χ1n) is 9.59. The van der Waals surface area contributed by atoms with E-state index in [9.17, 15) is 4.79 Å². The van der Waals surface area contributed by atoms with Crippen molar-refractivity contribution in [2.75, 3.05) is 4.90 Å². The number of fused-ring (bicyclic) bond motifs is 1. The van der Waals surface area contributed by atoms with Crippen LogP contribution in [-0.4, -0.2) is 24.0 Å². The molecule has 1 fully saturated rings. The number of rotatable bonds is 4. The largest absolute Gasteiger partial charge is 0.467 e. The highest BCUT2D eigenvalue weighted by Crippen LogP contribution is 2.33. The van der Waals surface area contributed by atoms with Crippen LogP contribution in [0.2, 0.25) is 0 Å². The van der Waals surface area contributed by atoms with Crippen LogP contribution in [-0.2, 0) is 13.0 Å². The summed E-state index contributed by atoms with van der Waals surface area (Å²) in [4.78, 5) is 15.1. The van der Waals surface area contributed by atoms with E-state index in [0.29, 0.717) is 18.2 Å².